The molecule has 6 nitrogen and oxygen atoms in total. The number of methoxy groups -OCH3 is 1. The standard InChI is InChI=1S/C26H21ClFNO5S/c1-32-23-13-17(7-10-22(23)34-12-11-33-20-5-3-2-4-6-20)14-24-25(30)29(26(31)35-24)16-18-8-9-19(28)15-21(18)27/h2-10,13-15H,11-12,16H2,1H3/b24-14-. The first-order chi connectivity index (χ1) is 16.9. The second kappa shape index (κ2) is 11.3. The topological polar surface area (TPSA) is 65.1 Å². The molecular weight excluding hydrogens is 493 g/mol. The molecule has 180 valence electrons. The van der Waals surface area contributed by atoms with Crippen LogP contribution in [-0.4, -0.2) is 36.4 Å². The molecule has 4 rings (SSSR count). The van der Waals surface area contributed by atoms with E-state index >= 15 is 0 Å². The lowest BCUT2D eigenvalue weighted by molar-refractivity contribution is -0.123. The van der Waals surface area contributed by atoms with E-state index in [0.717, 1.165) is 28.5 Å². The van der Waals surface area contributed by atoms with Crippen molar-refractivity contribution in [2.45, 2.75) is 6.54 Å². The molecule has 1 heterocycles. The van der Waals surface area contributed by atoms with E-state index in [1.807, 2.05) is 30.3 Å². The SMILES string of the molecule is COc1cc(/C=C2\SC(=O)N(Cc3ccc(F)cc3Cl)C2=O)ccc1OCCOc1ccccc1. The maximum Gasteiger partial charge on any atom is 0.293 e. The first-order valence-corrected chi connectivity index (χ1v) is 11.8. The maximum absolute atomic E-state index is 13.3. The number of rotatable bonds is 9. The Balaban J connectivity index is 1.41. The number of imide groups is 1. The number of carbonyl (C=O) groups excluding carboxylic acids is 2. The molecule has 0 unspecified atom stereocenters. The Morgan fingerprint density at radius 2 is 1.74 bits per heavy atom. The quantitative estimate of drug-likeness (QED) is 0.251. The van der Waals surface area contributed by atoms with Crippen LogP contribution in [0, 0.1) is 5.82 Å². The molecule has 3 aromatic rings. The highest BCUT2D eigenvalue weighted by molar-refractivity contribution is 8.18. The summed E-state index contributed by atoms with van der Waals surface area (Å²) in [7, 11) is 1.52. The number of amides is 2. The summed E-state index contributed by atoms with van der Waals surface area (Å²) >= 11 is 6.88. The highest BCUT2D eigenvalue weighted by Crippen LogP contribution is 2.36. The van der Waals surface area contributed by atoms with Gasteiger partial charge in [-0.3, -0.25) is 14.5 Å². The largest absolute Gasteiger partial charge is 0.493 e. The Morgan fingerprint density at radius 1 is 0.971 bits per heavy atom. The van der Waals surface area contributed by atoms with Gasteiger partial charge in [0.15, 0.2) is 11.5 Å². The lowest BCUT2D eigenvalue weighted by atomic mass is 10.1. The van der Waals surface area contributed by atoms with Gasteiger partial charge < -0.3 is 14.2 Å². The van der Waals surface area contributed by atoms with Gasteiger partial charge in [-0.15, -0.1) is 0 Å². The van der Waals surface area contributed by atoms with E-state index in [0.29, 0.717) is 35.8 Å². The van der Waals surface area contributed by atoms with Crippen LogP contribution in [-0.2, 0) is 11.3 Å². The van der Waals surface area contributed by atoms with E-state index in [1.165, 1.54) is 19.2 Å². The number of nitrogens with zero attached hydrogens (tertiary/aromatic N) is 1. The lowest BCUT2D eigenvalue weighted by Crippen LogP contribution is -2.27. The Morgan fingerprint density at radius 3 is 2.49 bits per heavy atom. The van der Waals surface area contributed by atoms with Crippen molar-refractivity contribution in [3.05, 3.63) is 93.6 Å². The van der Waals surface area contributed by atoms with E-state index < -0.39 is 17.0 Å². The number of carbonyl (C=O) groups is 2. The molecule has 0 aromatic heterocycles. The molecule has 0 spiro atoms. The Bertz CT molecular complexity index is 1270. The van der Waals surface area contributed by atoms with Crippen LogP contribution in [0.5, 0.6) is 17.2 Å². The van der Waals surface area contributed by atoms with Crippen LogP contribution in [0.3, 0.4) is 0 Å². The highest BCUT2D eigenvalue weighted by atomic mass is 35.5. The molecule has 35 heavy (non-hydrogen) atoms. The number of benzene rings is 3. The van der Waals surface area contributed by atoms with Crippen molar-refractivity contribution in [3.8, 4) is 17.2 Å². The molecule has 1 saturated heterocycles. The average molecular weight is 514 g/mol. The summed E-state index contributed by atoms with van der Waals surface area (Å²) in [4.78, 5) is 26.6. The van der Waals surface area contributed by atoms with Gasteiger partial charge in [0.2, 0.25) is 0 Å². The highest BCUT2D eigenvalue weighted by Gasteiger charge is 2.35. The fourth-order valence-electron chi connectivity index (χ4n) is 3.33. The first-order valence-electron chi connectivity index (χ1n) is 10.6. The van der Waals surface area contributed by atoms with Gasteiger partial charge in [0.1, 0.15) is 24.8 Å². The second-order valence-corrected chi connectivity index (χ2v) is 8.82. The van der Waals surface area contributed by atoms with Gasteiger partial charge in [-0.05, 0) is 65.4 Å². The molecule has 3 aromatic carbocycles. The average Bonchev–Trinajstić information content (AvgIpc) is 3.11. The monoisotopic (exact) mass is 513 g/mol. The normalized spacial score (nSPS) is 14.5. The van der Waals surface area contributed by atoms with Gasteiger partial charge in [0.05, 0.1) is 18.6 Å². The van der Waals surface area contributed by atoms with Crippen molar-refractivity contribution in [1.82, 2.24) is 4.90 Å². The molecule has 1 fully saturated rings. The summed E-state index contributed by atoms with van der Waals surface area (Å²) < 4.78 is 30.1. The van der Waals surface area contributed by atoms with E-state index in [2.05, 4.69) is 0 Å². The molecule has 1 aliphatic rings. The fourth-order valence-corrected chi connectivity index (χ4v) is 4.39. The molecule has 9 heteroatoms. The fraction of sp³-hybridized carbons (Fsp3) is 0.154. The molecule has 0 aliphatic carbocycles. The Kier molecular flexibility index (Phi) is 7.94. The smallest absolute Gasteiger partial charge is 0.293 e. The van der Waals surface area contributed by atoms with Gasteiger partial charge >= 0.3 is 0 Å². The summed E-state index contributed by atoms with van der Waals surface area (Å²) in [5, 5.41) is -0.269. The number of halogens is 2. The number of para-hydroxylation sites is 1. The predicted octanol–water partition coefficient (Wildman–Crippen LogP) is 6.18. The predicted molar refractivity (Wildman–Crippen MR) is 133 cm³/mol. The van der Waals surface area contributed by atoms with Crippen LogP contribution in [0.2, 0.25) is 5.02 Å². The third kappa shape index (κ3) is 6.15. The van der Waals surface area contributed by atoms with Crippen LogP contribution in [0.25, 0.3) is 6.08 Å². The molecule has 0 radical (unpaired) electrons. The van der Waals surface area contributed by atoms with E-state index in [9.17, 15) is 14.0 Å². The number of thioether (sulfide) groups is 1. The van der Waals surface area contributed by atoms with Crippen molar-refractivity contribution >= 4 is 40.6 Å². The van der Waals surface area contributed by atoms with Crippen LogP contribution >= 0.6 is 23.4 Å². The molecule has 0 atom stereocenters. The molecule has 0 saturated carbocycles. The summed E-state index contributed by atoms with van der Waals surface area (Å²) in [5.41, 5.74) is 1.15. The van der Waals surface area contributed by atoms with Crippen molar-refractivity contribution in [2.75, 3.05) is 20.3 Å². The summed E-state index contributed by atoms with van der Waals surface area (Å²) in [6, 6.07) is 18.5. The van der Waals surface area contributed by atoms with Crippen molar-refractivity contribution in [1.29, 1.82) is 0 Å². The minimum absolute atomic E-state index is 0.0394. The molecule has 1 aliphatic heterocycles. The van der Waals surface area contributed by atoms with Crippen LogP contribution < -0.4 is 14.2 Å². The van der Waals surface area contributed by atoms with Gasteiger partial charge in [-0.25, -0.2) is 4.39 Å². The number of hydrogen-bond donors (Lipinski definition) is 0. The number of hydrogen-bond acceptors (Lipinski definition) is 6. The van der Waals surface area contributed by atoms with Gasteiger partial charge in [0, 0.05) is 5.02 Å². The zero-order valence-corrected chi connectivity index (χ0v) is 20.3. The Hall–Kier alpha value is -3.49. The third-order valence-corrected chi connectivity index (χ3v) is 6.31. The summed E-state index contributed by atoms with van der Waals surface area (Å²) in [6.07, 6.45) is 1.61. The van der Waals surface area contributed by atoms with Gasteiger partial charge in [-0.2, -0.15) is 0 Å². The summed E-state index contributed by atoms with van der Waals surface area (Å²) in [6.45, 7) is 0.637. The molecule has 0 bridgehead atoms. The van der Waals surface area contributed by atoms with Crippen molar-refractivity contribution in [2.24, 2.45) is 0 Å². The van der Waals surface area contributed by atoms with Crippen LogP contribution in [0.15, 0.2) is 71.6 Å². The Labute approximate surface area is 211 Å². The van der Waals surface area contributed by atoms with E-state index in [4.69, 9.17) is 25.8 Å². The summed E-state index contributed by atoms with van der Waals surface area (Å²) in [5.74, 6) is 0.834. The van der Waals surface area contributed by atoms with Crippen molar-refractivity contribution < 1.29 is 28.2 Å². The number of ether oxygens (including phenoxy) is 3. The van der Waals surface area contributed by atoms with E-state index in [-0.39, 0.29) is 16.5 Å². The molecule has 0 N–H and O–H groups in total. The van der Waals surface area contributed by atoms with Crippen LogP contribution in [0.1, 0.15) is 11.1 Å². The zero-order chi connectivity index (χ0) is 24.8. The minimum Gasteiger partial charge on any atom is -0.493 e. The molecular formula is C26H21ClFNO5S. The zero-order valence-electron chi connectivity index (χ0n) is 18.7. The van der Waals surface area contributed by atoms with Crippen molar-refractivity contribution in [3.63, 3.8) is 0 Å². The lowest BCUT2D eigenvalue weighted by Gasteiger charge is -2.13. The molecule has 2 amide bonds. The first kappa shape index (κ1) is 24.6. The third-order valence-electron chi connectivity index (χ3n) is 5.06. The van der Waals surface area contributed by atoms with Gasteiger partial charge in [-0.1, -0.05) is 41.9 Å². The minimum atomic E-state index is -0.488. The van der Waals surface area contributed by atoms with E-state index in [1.54, 1.807) is 24.3 Å². The van der Waals surface area contributed by atoms with Crippen LogP contribution in [0.4, 0.5) is 9.18 Å². The second-order valence-electron chi connectivity index (χ2n) is 7.42. The van der Waals surface area contributed by atoms with Gasteiger partial charge in [0.25, 0.3) is 11.1 Å². The maximum atomic E-state index is 13.3.